The molecule has 6 heteroatoms. The van der Waals surface area contributed by atoms with E-state index < -0.39 is 0 Å². The zero-order chi connectivity index (χ0) is 13.8. The van der Waals surface area contributed by atoms with E-state index in [-0.39, 0.29) is 11.6 Å². The van der Waals surface area contributed by atoms with Crippen molar-refractivity contribution in [3.05, 3.63) is 24.2 Å². The summed E-state index contributed by atoms with van der Waals surface area (Å²) in [6.07, 6.45) is 8.19. The van der Waals surface area contributed by atoms with Crippen LogP contribution >= 0.6 is 11.8 Å². The number of hydrogen-bond donors (Lipinski definition) is 1. The van der Waals surface area contributed by atoms with Gasteiger partial charge < -0.3 is 9.63 Å². The Morgan fingerprint density at radius 1 is 1.30 bits per heavy atom. The predicted molar refractivity (Wildman–Crippen MR) is 77.4 cm³/mol. The summed E-state index contributed by atoms with van der Waals surface area (Å²) < 4.78 is 5.17. The summed E-state index contributed by atoms with van der Waals surface area (Å²) in [4.78, 5) is 8.36. The van der Waals surface area contributed by atoms with Gasteiger partial charge in [0.1, 0.15) is 5.75 Å². The standard InChI is InChI=1S/C14H17N3O2S/c18-11-7-4-8-15-13(11)14-16-12(17-19-14)9-20-10-5-2-1-3-6-10/h4,7-8,10,18H,1-3,5-6,9H2. The number of thioether (sulfide) groups is 1. The predicted octanol–water partition coefficient (Wildman–Crippen LogP) is 3.40. The van der Waals surface area contributed by atoms with Crippen molar-refractivity contribution in [2.45, 2.75) is 43.1 Å². The highest BCUT2D eigenvalue weighted by molar-refractivity contribution is 7.99. The molecule has 0 amide bonds. The number of nitrogens with zero attached hydrogens (tertiary/aromatic N) is 3. The van der Waals surface area contributed by atoms with E-state index in [9.17, 15) is 5.11 Å². The average molecular weight is 291 g/mol. The van der Waals surface area contributed by atoms with Gasteiger partial charge >= 0.3 is 0 Å². The first-order valence-electron chi connectivity index (χ1n) is 6.91. The minimum atomic E-state index is 0.0580. The lowest BCUT2D eigenvalue weighted by Crippen LogP contribution is -2.08. The van der Waals surface area contributed by atoms with Crippen LogP contribution in [0.5, 0.6) is 5.75 Å². The third-order valence-corrected chi connectivity index (χ3v) is 4.83. The molecule has 0 aromatic carbocycles. The Morgan fingerprint density at radius 3 is 2.95 bits per heavy atom. The summed E-state index contributed by atoms with van der Waals surface area (Å²) in [7, 11) is 0. The SMILES string of the molecule is Oc1cccnc1-c1nc(CSC2CCCCC2)no1. The molecule has 1 aliphatic carbocycles. The smallest absolute Gasteiger partial charge is 0.280 e. The van der Waals surface area contributed by atoms with Crippen LogP contribution in [0.1, 0.15) is 37.9 Å². The van der Waals surface area contributed by atoms with E-state index >= 15 is 0 Å². The number of aromatic nitrogens is 3. The normalized spacial score (nSPS) is 16.4. The molecule has 2 aromatic rings. The van der Waals surface area contributed by atoms with Gasteiger partial charge in [0, 0.05) is 11.4 Å². The van der Waals surface area contributed by atoms with Crippen LogP contribution in [-0.2, 0) is 5.75 Å². The van der Waals surface area contributed by atoms with Crippen molar-refractivity contribution in [3.8, 4) is 17.3 Å². The van der Waals surface area contributed by atoms with Gasteiger partial charge in [0.05, 0.1) is 5.75 Å². The molecule has 0 aliphatic heterocycles. The molecule has 0 radical (unpaired) electrons. The van der Waals surface area contributed by atoms with Crippen LogP contribution < -0.4 is 0 Å². The van der Waals surface area contributed by atoms with Crippen LogP contribution in [0.15, 0.2) is 22.9 Å². The minimum Gasteiger partial charge on any atom is -0.505 e. The Hall–Kier alpha value is -1.56. The molecule has 2 heterocycles. The lowest BCUT2D eigenvalue weighted by Gasteiger charge is -2.19. The largest absolute Gasteiger partial charge is 0.505 e. The van der Waals surface area contributed by atoms with Gasteiger partial charge in [0.15, 0.2) is 11.5 Å². The second kappa shape index (κ2) is 6.26. The fourth-order valence-electron chi connectivity index (χ4n) is 2.39. The molecule has 1 aliphatic rings. The molecule has 0 atom stereocenters. The Bertz CT molecular complexity index is 567. The first-order valence-corrected chi connectivity index (χ1v) is 7.96. The lowest BCUT2D eigenvalue weighted by atomic mass is 10.0. The number of aromatic hydroxyl groups is 1. The van der Waals surface area contributed by atoms with Crippen LogP contribution in [0.4, 0.5) is 0 Å². The molecule has 1 N–H and O–H groups in total. The van der Waals surface area contributed by atoms with Crippen molar-refractivity contribution < 1.29 is 9.63 Å². The zero-order valence-corrected chi connectivity index (χ0v) is 12.0. The van der Waals surface area contributed by atoms with Crippen molar-refractivity contribution in [2.75, 3.05) is 0 Å². The fraction of sp³-hybridized carbons (Fsp3) is 0.500. The van der Waals surface area contributed by atoms with Gasteiger partial charge in [-0.15, -0.1) is 0 Å². The van der Waals surface area contributed by atoms with E-state index in [1.165, 1.54) is 32.1 Å². The molecule has 3 rings (SSSR count). The van der Waals surface area contributed by atoms with Gasteiger partial charge in [0.25, 0.3) is 5.89 Å². The summed E-state index contributed by atoms with van der Waals surface area (Å²) in [6.45, 7) is 0. The zero-order valence-electron chi connectivity index (χ0n) is 11.2. The molecule has 2 aromatic heterocycles. The molecular formula is C14H17N3O2S. The van der Waals surface area contributed by atoms with Crippen LogP contribution in [0.2, 0.25) is 0 Å². The molecule has 0 unspecified atom stereocenters. The van der Waals surface area contributed by atoms with E-state index in [1.54, 1.807) is 18.3 Å². The maximum Gasteiger partial charge on any atom is 0.280 e. The van der Waals surface area contributed by atoms with Crippen LogP contribution in [0, 0.1) is 0 Å². The van der Waals surface area contributed by atoms with Gasteiger partial charge in [-0.3, -0.25) is 0 Å². The van der Waals surface area contributed by atoms with Crippen molar-refractivity contribution in [1.29, 1.82) is 0 Å². The first kappa shape index (κ1) is 13.4. The topological polar surface area (TPSA) is 72.0 Å². The van der Waals surface area contributed by atoms with Crippen molar-refractivity contribution in [2.24, 2.45) is 0 Å². The molecule has 1 saturated carbocycles. The lowest BCUT2D eigenvalue weighted by molar-refractivity contribution is 0.417. The molecule has 0 spiro atoms. The minimum absolute atomic E-state index is 0.0580. The second-order valence-corrected chi connectivity index (χ2v) is 6.25. The Morgan fingerprint density at radius 2 is 2.15 bits per heavy atom. The highest BCUT2D eigenvalue weighted by atomic mass is 32.2. The number of rotatable bonds is 4. The monoisotopic (exact) mass is 291 g/mol. The van der Waals surface area contributed by atoms with E-state index in [1.807, 2.05) is 11.8 Å². The van der Waals surface area contributed by atoms with E-state index in [0.29, 0.717) is 16.8 Å². The van der Waals surface area contributed by atoms with Crippen LogP contribution in [-0.4, -0.2) is 25.5 Å². The highest BCUT2D eigenvalue weighted by Crippen LogP contribution is 2.30. The summed E-state index contributed by atoms with van der Waals surface area (Å²) in [5, 5.41) is 14.4. The quantitative estimate of drug-likeness (QED) is 0.930. The van der Waals surface area contributed by atoms with Gasteiger partial charge in [-0.05, 0) is 25.0 Å². The maximum atomic E-state index is 9.71. The third kappa shape index (κ3) is 3.12. The van der Waals surface area contributed by atoms with Gasteiger partial charge in [0.2, 0.25) is 0 Å². The average Bonchev–Trinajstić information content (AvgIpc) is 2.95. The molecule has 1 fully saturated rings. The maximum absolute atomic E-state index is 9.71. The van der Waals surface area contributed by atoms with Crippen molar-refractivity contribution >= 4 is 11.8 Å². The summed E-state index contributed by atoms with van der Waals surface area (Å²) >= 11 is 1.90. The summed E-state index contributed by atoms with van der Waals surface area (Å²) in [5.74, 6) is 1.76. The highest BCUT2D eigenvalue weighted by Gasteiger charge is 2.17. The van der Waals surface area contributed by atoms with Gasteiger partial charge in [-0.2, -0.15) is 16.7 Å². The Labute approximate surface area is 121 Å². The first-order chi connectivity index (χ1) is 9.83. The van der Waals surface area contributed by atoms with Crippen molar-refractivity contribution in [3.63, 3.8) is 0 Å². The molecule has 106 valence electrons. The van der Waals surface area contributed by atoms with E-state index in [2.05, 4.69) is 15.1 Å². The molecule has 20 heavy (non-hydrogen) atoms. The van der Waals surface area contributed by atoms with E-state index in [4.69, 9.17) is 4.52 Å². The number of hydrogen-bond acceptors (Lipinski definition) is 6. The van der Waals surface area contributed by atoms with Crippen molar-refractivity contribution in [1.82, 2.24) is 15.1 Å². The molecule has 0 bridgehead atoms. The molecule has 0 saturated heterocycles. The third-order valence-electron chi connectivity index (χ3n) is 3.46. The molecule has 5 nitrogen and oxygen atoms in total. The Balaban J connectivity index is 1.63. The second-order valence-electron chi connectivity index (χ2n) is 4.96. The van der Waals surface area contributed by atoms with Crippen LogP contribution in [0.25, 0.3) is 11.6 Å². The van der Waals surface area contributed by atoms with Crippen LogP contribution in [0.3, 0.4) is 0 Å². The van der Waals surface area contributed by atoms with E-state index in [0.717, 1.165) is 5.75 Å². The molecular weight excluding hydrogens is 274 g/mol. The summed E-state index contributed by atoms with van der Waals surface area (Å²) in [5.41, 5.74) is 0.342. The Kier molecular flexibility index (Phi) is 4.20. The summed E-state index contributed by atoms with van der Waals surface area (Å²) in [6, 6.07) is 3.22. The number of pyridine rings is 1. The van der Waals surface area contributed by atoms with Gasteiger partial charge in [-0.25, -0.2) is 4.98 Å². The van der Waals surface area contributed by atoms with Gasteiger partial charge in [-0.1, -0.05) is 24.4 Å². The fourth-order valence-corrected chi connectivity index (χ4v) is 3.56.